The summed E-state index contributed by atoms with van der Waals surface area (Å²) in [4.78, 5) is 11.4. The summed E-state index contributed by atoms with van der Waals surface area (Å²) >= 11 is 0. The van der Waals surface area contributed by atoms with E-state index >= 15 is 0 Å². The number of hydrogen-bond acceptors (Lipinski definition) is 5. The number of benzene rings is 1. The average Bonchev–Trinajstić information content (AvgIpc) is 2.29. The Labute approximate surface area is 100 Å². The van der Waals surface area contributed by atoms with Gasteiger partial charge in [-0.05, 0) is 12.1 Å². The Morgan fingerprint density at radius 2 is 1.82 bits per heavy atom. The molecule has 0 amide bonds. The van der Waals surface area contributed by atoms with Gasteiger partial charge in [-0.15, -0.1) is 0 Å². The Hall–Kier alpha value is -1.56. The normalized spacial score (nSPS) is 10.9. The Morgan fingerprint density at radius 3 is 2.35 bits per heavy atom. The lowest BCUT2D eigenvalue weighted by atomic mass is 10.3. The third kappa shape index (κ3) is 4.07. The fraction of sp³-hybridized carbons (Fsp3) is 0.364. The number of sulfone groups is 1. The Bertz CT molecular complexity index is 492. The van der Waals surface area contributed by atoms with E-state index in [1.807, 2.05) is 0 Å². The standard InChI is InChI=1S/C11H14O5S/c1-3-17(13,14)8-11(12)16-10-7-5-4-6-9(10)15-2/h4-7H,3,8H2,1-2H3. The van der Waals surface area contributed by atoms with Crippen molar-refractivity contribution >= 4 is 15.8 Å². The van der Waals surface area contributed by atoms with Gasteiger partial charge >= 0.3 is 5.97 Å². The lowest BCUT2D eigenvalue weighted by Gasteiger charge is -2.08. The van der Waals surface area contributed by atoms with Crippen LogP contribution in [-0.2, 0) is 14.6 Å². The van der Waals surface area contributed by atoms with Gasteiger partial charge in [-0.3, -0.25) is 4.79 Å². The highest BCUT2D eigenvalue weighted by molar-refractivity contribution is 7.92. The topological polar surface area (TPSA) is 69.7 Å². The number of esters is 1. The number of methoxy groups -OCH3 is 1. The van der Waals surface area contributed by atoms with E-state index < -0.39 is 21.6 Å². The number of para-hydroxylation sites is 2. The minimum Gasteiger partial charge on any atom is -0.493 e. The van der Waals surface area contributed by atoms with Gasteiger partial charge in [-0.25, -0.2) is 8.42 Å². The summed E-state index contributed by atoms with van der Waals surface area (Å²) in [5.41, 5.74) is 0. The van der Waals surface area contributed by atoms with Crippen LogP contribution in [0.3, 0.4) is 0 Å². The summed E-state index contributed by atoms with van der Waals surface area (Å²) in [5.74, 6) is -0.923. The van der Waals surface area contributed by atoms with Gasteiger partial charge in [0.2, 0.25) is 0 Å². The van der Waals surface area contributed by atoms with Crippen molar-refractivity contribution in [2.75, 3.05) is 18.6 Å². The zero-order valence-corrected chi connectivity index (χ0v) is 10.5. The average molecular weight is 258 g/mol. The molecule has 5 nitrogen and oxygen atoms in total. The molecule has 1 aromatic carbocycles. The maximum Gasteiger partial charge on any atom is 0.326 e. The summed E-state index contributed by atoms with van der Waals surface area (Å²) in [6, 6.07) is 6.55. The minimum atomic E-state index is -3.37. The molecule has 0 radical (unpaired) electrons. The van der Waals surface area contributed by atoms with Crippen LogP contribution >= 0.6 is 0 Å². The van der Waals surface area contributed by atoms with Crippen molar-refractivity contribution in [3.05, 3.63) is 24.3 Å². The minimum absolute atomic E-state index is 0.0893. The molecule has 0 unspecified atom stereocenters. The molecule has 0 atom stereocenters. The van der Waals surface area contributed by atoms with E-state index in [0.717, 1.165) is 0 Å². The molecule has 0 saturated heterocycles. The molecule has 0 heterocycles. The van der Waals surface area contributed by atoms with Crippen LogP contribution in [0.1, 0.15) is 6.92 Å². The Morgan fingerprint density at radius 1 is 1.24 bits per heavy atom. The van der Waals surface area contributed by atoms with E-state index in [1.54, 1.807) is 18.2 Å². The molecular formula is C11H14O5S. The number of hydrogen-bond donors (Lipinski definition) is 0. The second-order valence-corrected chi connectivity index (χ2v) is 5.65. The molecule has 6 heteroatoms. The van der Waals surface area contributed by atoms with Crippen LogP contribution in [0.4, 0.5) is 0 Å². The van der Waals surface area contributed by atoms with Crippen molar-refractivity contribution in [2.45, 2.75) is 6.92 Å². The maximum atomic E-state index is 11.4. The van der Waals surface area contributed by atoms with E-state index in [1.165, 1.54) is 20.1 Å². The molecule has 94 valence electrons. The molecule has 0 saturated carbocycles. The number of carbonyl (C=O) groups excluding carboxylic acids is 1. The molecule has 0 aliphatic rings. The summed E-state index contributed by atoms with van der Waals surface area (Å²) in [6.07, 6.45) is 0. The Kier molecular flexibility index (Phi) is 4.51. The molecule has 0 aromatic heterocycles. The predicted octanol–water partition coefficient (Wildman–Crippen LogP) is 1.04. The number of rotatable bonds is 5. The quantitative estimate of drug-likeness (QED) is 0.583. The monoisotopic (exact) mass is 258 g/mol. The summed E-state index contributed by atoms with van der Waals surface area (Å²) < 4.78 is 32.4. The van der Waals surface area contributed by atoms with Crippen LogP contribution in [0.5, 0.6) is 11.5 Å². The van der Waals surface area contributed by atoms with E-state index in [-0.39, 0.29) is 11.5 Å². The van der Waals surface area contributed by atoms with Gasteiger partial charge in [0.25, 0.3) is 0 Å². The highest BCUT2D eigenvalue weighted by atomic mass is 32.2. The van der Waals surface area contributed by atoms with Crippen LogP contribution in [0, 0.1) is 0 Å². The molecular weight excluding hydrogens is 244 g/mol. The molecule has 0 aliphatic heterocycles. The second-order valence-electron chi connectivity index (χ2n) is 3.30. The lowest BCUT2D eigenvalue weighted by Crippen LogP contribution is -2.22. The third-order valence-electron chi connectivity index (χ3n) is 2.07. The fourth-order valence-corrected chi connectivity index (χ4v) is 1.76. The molecule has 17 heavy (non-hydrogen) atoms. The van der Waals surface area contributed by atoms with Crippen molar-refractivity contribution < 1.29 is 22.7 Å². The maximum absolute atomic E-state index is 11.4. The molecule has 0 bridgehead atoms. The Balaban J connectivity index is 2.75. The molecule has 1 aromatic rings. The molecule has 0 fully saturated rings. The van der Waals surface area contributed by atoms with Crippen molar-refractivity contribution in [1.82, 2.24) is 0 Å². The van der Waals surface area contributed by atoms with Gasteiger partial charge in [0, 0.05) is 5.75 Å². The molecule has 0 N–H and O–H groups in total. The van der Waals surface area contributed by atoms with Crippen LogP contribution in [0.2, 0.25) is 0 Å². The molecule has 0 aliphatic carbocycles. The van der Waals surface area contributed by atoms with E-state index in [9.17, 15) is 13.2 Å². The third-order valence-corrected chi connectivity index (χ3v) is 3.63. The van der Waals surface area contributed by atoms with Crippen LogP contribution < -0.4 is 9.47 Å². The first kappa shape index (κ1) is 13.5. The first-order valence-electron chi connectivity index (χ1n) is 5.02. The van der Waals surface area contributed by atoms with E-state index in [4.69, 9.17) is 9.47 Å². The highest BCUT2D eigenvalue weighted by Crippen LogP contribution is 2.25. The first-order chi connectivity index (χ1) is 7.98. The van der Waals surface area contributed by atoms with Gasteiger partial charge in [-0.1, -0.05) is 19.1 Å². The van der Waals surface area contributed by atoms with Crippen molar-refractivity contribution in [3.8, 4) is 11.5 Å². The number of carbonyl (C=O) groups is 1. The predicted molar refractivity (Wildman–Crippen MR) is 63.0 cm³/mol. The van der Waals surface area contributed by atoms with Crippen molar-refractivity contribution in [1.29, 1.82) is 0 Å². The largest absolute Gasteiger partial charge is 0.493 e. The van der Waals surface area contributed by atoms with Gasteiger partial charge in [0.15, 0.2) is 21.3 Å². The van der Waals surface area contributed by atoms with Crippen LogP contribution in [0.25, 0.3) is 0 Å². The van der Waals surface area contributed by atoms with Crippen LogP contribution in [-0.4, -0.2) is 33.0 Å². The summed E-state index contributed by atoms with van der Waals surface area (Å²) in [5, 5.41) is 0. The van der Waals surface area contributed by atoms with Gasteiger partial charge < -0.3 is 9.47 Å². The van der Waals surface area contributed by atoms with E-state index in [2.05, 4.69) is 0 Å². The smallest absolute Gasteiger partial charge is 0.326 e. The highest BCUT2D eigenvalue weighted by Gasteiger charge is 2.17. The summed E-state index contributed by atoms with van der Waals surface area (Å²) in [6.45, 7) is 1.48. The zero-order chi connectivity index (χ0) is 12.9. The van der Waals surface area contributed by atoms with Crippen molar-refractivity contribution in [2.24, 2.45) is 0 Å². The molecule has 0 spiro atoms. The SMILES string of the molecule is CCS(=O)(=O)CC(=O)Oc1ccccc1OC. The first-order valence-corrected chi connectivity index (χ1v) is 6.84. The van der Waals surface area contributed by atoms with Gasteiger partial charge in [0.05, 0.1) is 7.11 Å². The number of ether oxygens (including phenoxy) is 2. The molecule has 1 rings (SSSR count). The fourth-order valence-electron chi connectivity index (χ4n) is 1.14. The second kappa shape index (κ2) is 5.67. The van der Waals surface area contributed by atoms with Crippen molar-refractivity contribution in [3.63, 3.8) is 0 Å². The van der Waals surface area contributed by atoms with Crippen LogP contribution in [0.15, 0.2) is 24.3 Å². The summed E-state index contributed by atoms with van der Waals surface area (Å²) in [7, 11) is -1.93. The van der Waals surface area contributed by atoms with E-state index in [0.29, 0.717) is 5.75 Å². The van der Waals surface area contributed by atoms with Gasteiger partial charge in [0.1, 0.15) is 5.75 Å². The van der Waals surface area contributed by atoms with Gasteiger partial charge in [-0.2, -0.15) is 0 Å². The zero-order valence-electron chi connectivity index (χ0n) is 9.67. The lowest BCUT2D eigenvalue weighted by molar-refractivity contribution is -0.131.